The van der Waals surface area contributed by atoms with Gasteiger partial charge < -0.3 is 10.6 Å². The van der Waals surface area contributed by atoms with Crippen LogP contribution in [0.3, 0.4) is 0 Å². The minimum absolute atomic E-state index is 0. The third kappa shape index (κ3) is 4.01. The van der Waals surface area contributed by atoms with E-state index in [0.29, 0.717) is 16.6 Å². The maximum atomic E-state index is 12.5. The molecular weight excluding hydrogens is 367 g/mol. The first kappa shape index (κ1) is 19.8. The van der Waals surface area contributed by atoms with Crippen LogP contribution in [0.2, 0.25) is 10.0 Å². The van der Waals surface area contributed by atoms with Crippen LogP contribution in [-0.4, -0.2) is 25.5 Å². The van der Waals surface area contributed by atoms with E-state index in [1.165, 1.54) is 0 Å². The topological polar surface area (TPSA) is 41.1 Å². The molecule has 2 fully saturated rings. The zero-order valence-electron chi connectivity index (χ0n) is 14.1. The van der Waals surface area contributed by atoms with Crippen LogP contribution in [0.25, 0.3) is 0 Å². The van der Waals surface area contributed by atoms with Crippen LogP contribution in [-0.2, 0) is 10.2 Å². The van der Waals surface area contributed by atoms with E-state index in [9.17, 15) is 4.79 Å². The van der Waals surface area contributed by atoms with E-state index in [4.69, 9.17) is 23.2 Å². The number of hydrogen-bond acceptors (Lipinski definition) is 2. The van der Waals surface area contributed by atoms with E-state index in [1.807, 2.05) is 18.2 Å². The molecule has 0 radical (unpaired) electrons. The minimum atomic E-state index is -0.180. The highest BCUT2D eigenvalue weighted by atomic mass is 35.5. The molecule has 0 bridgehead atoms. The molecule has 1 aromatic carbocycles. The largest absolute Gasteiger partial charge is 0.355 e. The zero-order chi connectivity index (χ0) is 16.7. The van der Waals surface area contributed by atoms with Gasteiger partial charge in [0.1, 0.15) is 0 Å². The van der Waals surface area contributed by atoms with Gasteiger partial charge in [0.15, 0.2) is 0 Å². The fourth-order valence-electron chi connectivity index (χ4n) is 3.65. The third-order valence-electron chi connectivity index (χ3n) is 5.51. The van der Waals surface area contributed by atoms with E-state index in [-0.39, 0.29) is 35.1 Å². The summed E-state index contributed by atoms with van der Waals surface area (Å²) in [6, 6.07) is 5.68. The molecule has 1 atom stereocenters. The molecule has 2 N–H and O–H groups in total. The number of carbonyl (C=O) groups is 1. The fraction of sp³-hybridized carbons (Fsp3) is 0.611. The number of piperidine rings is 1. The van der Waals surface area contributed by atoms with Crippen molar-refractivity contribution >= 4 is 41.5 Å². The second-order valence-corrected chi connectivity index (χ2v) is 8.41. The molecule has 1 saturated heterocycles. The van der Waals surface area contributed by atoms with Gasteiger partial charge in [-0.05, 0) is 55.5 Å². The quantitative estimate of drug-likeness (QED) is 0.807. The summed E-state index contributed by atoms with van der Waals surface area (Å²) in [5.41, 5.74) is 1.18. The van der Waals surface area contributed by atoms with Crippen molar-refractivity contribution in [2.45, 2.75) is 38.5 Å². The maximum Gasteiger partial charge on any atom is 0.223 e. The van der Waals surface area contributed by atoms with Gasteiger partial charge in [0.2, 0.25) is 5.91 Å². The van der Waals surface area contributed by atoms with Crippen molar-refractivity contribution in [3.05, 3.63) is 33.8 Å². The standard InChI is InChI=1S/C18H24Cl2N2O.ClH/c1-17(2,12-3-4-14(19)15(20)9-12)11-22-16(23)13-10-18(13)5-7-21-8-6-18;/h3-4,9,13,21H,5-8,10-11H2,1-2H3,(H,22,23);1H. The van der Waals surface area contributed by atoms with Crippen LogP contribution in [0.5, 0.6) is 0 Å². The van der Waals surface area contributed by atoms with Gasteiger partial charge in [-0.3, -0.25) is 4.79 Å². The van der Waals surface area contributed by atoms with Gasteiger partial charge in [-0.1, -0.05) is 43.1 Å². The van der Waals surface area contributed by atoms with Crippen molar-refractivity contribution in [1.29, 1.82) is 0 Å². The van der Waals surface area contributed by atoms with E-state index in [1.54, 1.807) is 0 Å². The van der Waals surface area contributed by atoms with E-state index in [2.05, 4.69) is 24.5 Å². The molecular formula is C18H25Cl3N2O. The van der Waals surface area contributed by atoms with Gasteiger partial charge in [-0.25, -0.2) is 0 Å². The molecule has 1 aliphatic heterocycles. The zero-order valence-corrected chi connectivity index (χ0v) is 16.5. The number of nitrogens with one attached hydrogen (secondary N) is 2. The molecule has 1 unspecified atom stereocenters. The van der Waals surface area contributed by atoms with Gasteiger partial charge in [-0.15, -0.1) is 12.4 Å². The Morgan fingerprint density at radius 2 is 1.96 bits per heavy atom. The molecule has 6 heteroatoms. The van der Waals surface area contributed by atoms with Gasteiger partial charge in [-0.2, -0.15) is 0 Å². The summed E-state index contributed by atoms with van der Waals surface area (Å²) in [4.78, 5) is 12.5. The smallest absolute Gasteiger partial charge is 0.223 e. The molecule has 1 saturated carbocycles. The number of hydrogen-bond donors (Lipinski definition) is 2. The summed E-state index contributed by atoms with van der Waals surface area (Å²) < 4.78 is 0. The van der Waals surface area contributed by atoms with Gasteiger partial charge >= 0.3 is 0 Å². The van der Waals surface area contributed by atoms with Crippen molar-refractivity contribution in [2.75, 3.05) is 19.6 Å². The normalized spacial score (nSPS) is 21.9. The SMILES string of the molecule is CC(C)(CNC(=O)C1CC12CCNCC2)c1ccc(Cl)c(Cl)c1.Cl. The molecule has 134 valence electrons. The molecule has 3 nitrogen and oxygen atoms in total. The molecule has 1 aromatic rings. The van der Waals surface area contributed by atoms with Crippen LogP contribution < -0.4 is 10.6 Å². The maximum absolute atomic E-state index is 12.5. The third-order valence-corrected chi connectivity index (χ3v) is 6.25. The highest BCUT2D eigenvalue weighted by Gasteiger charge is 2.57. The van der Waals surface area contributed by atoms with Crippen molar-refractivity contribution in [3.63, 3.8) is 0 Å². The van der Waals surface area contributed by atoms with E-state index in [0.717, 1.165) is 37.9 Å². The lowest BCUT2D eigenvalue weighted by Crippen LogP contribution is -2.39. The van der Waals surface area contributed by atoms with Crippen molar-refractivity contribution < 1.29 is 4.79 Å². The van der Waals surface area contributed by atoms with Crippen molar-refractivity contribution in [2.24, 2.45) is 11.3 Å². The molecule has 2 aliphatic rings. The lowest BCUT2D eigenvalue weighted by Gasteiger charge is -2.27. The molecule has 24 heavy (non-hydrogen) atoms. The molecule has 3 rings (SSSR count). The lowest BCUT2D eigenvalue weighted by molar-refractivity contribution is -0.123. The monoisotopic (exact) mass is 390 g/mol. The van der Waals surface area contributed by atoms with Gasteiger partial charge in [0.05, 0.1) is 10.0 Å². The Balaban J connectivity index is 0.00000208. The summed E-state index contributed by atoms with van der Waals surface area (Å²) in [5.74, 6) is 0.411. The summed E-state index contributed by atoms with van der Waals surface area (Å²) >= 11 is 12.1. The average Bonchev–Trinajstić information content (AvgIpc) is 3.21. The van der Waals surface area contributed by atoms with Crippen LogP contribution >= 0.6 is 35.6 Å². The predicted molar refractivity (Wildman–Crippen MR) is 102 cm³/mol. The lowest BCUT2D eigenvalue weighted by atomic mass is 9.84. The summed E-state index contributed by atoms with van der Waals surface area (Å²) in [6.07, 6.45) is 3.30. The number of rotatable bonds is 4. The summed E-state index contributed by atoms with van der Waals surface area (Å²) in [7, 11) is 0. The Morgan fingerprint density at radius 1 is 1.29 bits per heavy atom. The predicted octanol–water partition coefficient (Wildman–Crippen LogP) is 4.20. The molecule has 1 heterocycles. The van der Waals surface area contributed by atoms with Crippen LogP contribution in [0.15, 0.2) is 18.2 Å². The Labute approximate surface area is 160 Å². The second-order valence-electron chi connectivity index (χ2n) is 7.60. The molecule has 0 aromatic heterocycles. The Morgan fingerprint density at radius 3 is 2.58 bits per heavy atom. The second kappa shape index (κ2) is 7.41. The number of carbonyl (C=O) groups excluding carboxylic acids is 1. The minimum Gasteiger partial charge on any atom is -0.355 e. The first-order valence-electron chi connectivity index (χ1n) is 8.28. The first-order valence-corrected chi connectivity index (χ1v) is 9.04. The highest BCUT2D eigenvalue weighted by molar-refractivity contribution is 6.42. The van der Waals surface area contributed by atoms with Crippen LogP contribution in [0, 0.1) is 11.3 Å². The number of amides is 1. The number of benzene rings is 1. The van der Waals surface area contributed by atoms with Gasteiger partial charge in [0, 0.05) is 17.9 Å². The Bertz CT molecular complexity index is 612. The fourth-order valence-corrected chi connectivity index (χ4v) is 3.94. The Kier molecular flexibility index (Phi) is 6.12. The summed E-state index contributed by atoms with van der Waals surface area (Å²) in [5, 5.41) is 7.64. The van der Waals surface area contributed by atoms with Crippen molar-refractivity contribution in [3.8, 4) is 0 Å². The van der Waals surface area contributed by atoms with Crippen LogP contribution in [0.4, 0.5) is 0 Å². The molecule has 1 spiro atoms. The van der Waals surface area contributed by atoms with E-state index >= 15 is 0 Å². The van der Waals surface area contributed by atoms with E-state index < -0.39 is 0 Å². The highest BCUT2D eigenvalue weighted by Crippen LogP contribution is 2.58. The average molecular weight is 392 g/mol. The van der Waals surface area contributed by atoms with Crippen molar-refractivity contribution in [1.82, 2.24) is 10.6 Å². The first-order chi connectivity index (χ1) is 10.8. The number of halogens is 3. The Hall–Kier alpha value is -0.480. The molecule has 1 aliphatic carbocycles. The van der Waals surface area contributed by atoms with Crippen LogP contribution in [0.1, 0.15) is 38.7 Å². The molecule has 1 amide bonds. The summed E-state index contributed by atoms with van der Waals surface area (Å²) in [6.45, 7) is 6.91. The van der Waals surface area contributed by atoms with Gasteiger partial charge in [0.25, 0.3) is 0 Å².